The van der Waals surface area contributed by atoms with Gasteiger partial charge in [0.1, 0.15) is 0 Å². The molecular weight excluding hydrogens is 272 g/mol. The maximum Gasteiger partial charge on any atom is 0.0595 e. The maximum atomic E-state index is 6.06. The van der Waals surface area contributed by atoms with Crippen LogP contribution in [-0.4, -0.2) is 42.7 Å². The summed E-state index contributed by atoms with van der Waals surface area (Å²) in [6.07, 6.45) is 5.94. The molecule has 1 atom stereocenters. The quantitative estimate of drug-likeness (QED) is 0.856. The van der Waals surface area contributed by atoms with Crippen LogP contribution in [0.4, 0.5) is 0 Å². The van der Waals surface area contributed by atoms with Crippen LogP contribution in [-0.2, 0) is 4.74 Å². The van der Waals surface area contributed by atoms with Crippen LogP contribution in [0.3, 0.4) is 0 Å². The smallest absolute Gasteiger partial charge is 0.0595 e. The molecule has 1 aromatic rings. The van der Waals surface area contributed by atoms with Crippen molar-refractivity contribution in [1.29, 1.82) is 0 Å². The minimum atomic E-state index is 0.328. The number of pyridine rings is 1. The summed E-state index contributed by atoms with van der Waals surface area (Å²) in [6.45, 7) is 9.53. The first-order valence-corrected chi connectivity index (χ1v) is 7.54. The molecule has 0 aromatic carbocycles. The van der Waals surface area contributed by atoms with Gasteiger partial charge in [0.25, 0.3) is 0 Å². The molecule has 2 aliphatic rings. The van der Waals surface area contributed by atoms with E-state index in [4.69, 9.17) is 16.3 Å². The zero-order chi connectivity index (χ0) is 14.2. The van der Waals surface area contributed by atoms with Crippen molar-refractivity contribution in [3.8, 4) is 0 Å². The van der Waals surface area contributed by atoms with Crippen molar-refractivity contribution in [2.24, 2.45) is 11.3 Å². The molecule has 0 amide bonds. The molecule has 0 spiro atoms. The van der Waals surface area contributed by atoms with Crippen molar-refractivity contribution in [3.63, 3.8) is 0 Å². The molecule has 0 radical (unpaired) electrons. The Morgan fingerprint density at radius 3 is 2.90 bits per heavy atom. The Morgan fingerprint density at radius 2 is 2.25 bits per heavy atom. The Labute approximate surface area is 125 Å². The van der Waals surface area contributed by atoms with E-state index in [1.165, 1.54) is 5.57 Å². The highest BCUT2D eigenvalue weighted by Crippen LogP contribution is 2.31. The predicted octanol–water partition coefficient (Wildman–Crippen LogP) is 3.11. The number of nitrogens with zero attached hydrogens (tertiary/aromatic N) is 2. The van der Waals surface area contributed by atoms with Crippen LogP contribution in [0.1, 0.15) is 19.4 Å². The third-order valence-electron chi connectivity index (χ3n) is 4.01. The Hall–Kier alpha value is -0.900. The summed E-state index contributed by atoms with van der Waals surface area (Å²) in [6, 6.07) is 2.00. The number of aromatic nitrogens is 1. The highest BCUT2D eigenvalue weighted by Gasteiger charge is 2.36. The predicted molar refractivity (Wildman–Crippen MR) is 81.8 cm³/mol. The molecule has 2 aliphatic heterocycles. The van der Waals surface area contributed by atoms with E-state index in [0.29, 0.717) is 16.4 Å². The SMILES string of the molecule is C[C@H]1C=C(c2cncc(Cl)c2)CN(CC2(C)COC2)C1. The number of hydrogen-bond donors (Lipinski definition) is 0. The second-order valence-corrected chi connectivity index (χ2v) is 6.97. The van der Waals surface area contributed by atoms with Crippen LogP contribution in [0, 0.1) is 11.3 Å². The maximum absolute atomic E-state index is 6.06. The molecule has 0 saturated carbocycles. The molecule has 3 nitrogen and oxygen atoms in total. The topological polar surface area (TPSA) is 25.4 Å². The third kappa shape index (κ3) is 3.05. The van der Waals surface area contributed by atoms with Gasteiger partial charge in [-0.25, -0.2) is 0 Å². The zero-order valence-electron chi connectivity index (χ0n) is 12.1. The molecule has 1 fully saturated rings. The molecule has 3 rings (SSSR count). The summed E-state index contributed by atoms with van der Waals surface area (Å²) in [5, 5.41) is 0.701. The van der Waals surface area contributed by atoms with E-state index in [2.05, 4.69) is 29.8 Å². The number of halogens is 1. The Morgan fingerprint density at radius 1 is 1.45 bits per heavy atom. The zero-order valence-corrected chi connectivity index (χ0v) is 12.9. The first kappa shape index (κ1) is 14.1. The van der Waals surface area contributed by atoms with Crippen LogP contribution in [0.15, 0.2) is 24.5 Å². The summed E-state index contributed by atoms with van der Waals surface area (Å²) < 4.78 is 5.36. The van der Waals surface area contributed by atoms with E-state index in [9.17, 15) is 0 Å². The molecule has 1 aromatic heterocycles. The summed E-state index contributed by atoms with van der Waals surface area (Å²) in [7, 11) is 0. The molecule has 3 heterocycles. The standard InChI is InChI=1S/C16H21ClN2O/c1-12-3-14(13-4-15(17)6-18-5-13)8-19(7-12)9-16(2)10-20-11-16/h3-6,12H,7-11H2,1-2H3/t12-/m0/s1. The van der Waals surface area contributed by atoms with Crippen LogP contribution in [0.25, 0.3) is 5.57 Å². The number of ether oxygens (including phenoxy) is 1. The van der Waals surface area contributed by atoms with E-state index >= 15 is 0 Å². The van der Waals surface area contributed by atoms with E-state index in [0.717, 1.165) is 38.4 Å². The summed E-state index contributed by atoms with van der Waals surface area (Å²) in [4.78, 5) is 6.73. The van der Waals surface area contributed by atoms with E-state index < -0.39 is 0 Å². The van der Waals surface area contributed by atoms with Crippen LogP contribution in [0.5, 0.6) is 0 Å². The lowest BCUT2D eigenvalue weighted by Crippen LogP contribution is -2.50. The minimum absolute atomic E-state index is 0.328. The van der Waals surface area contributed by atoms with Gasteiger partial charge in [0.2, 0.25) is 0 Å². The fourth-order valence-electron chi connectivity index (χ4n) is 3.14. The number of rotatable bonds is 3. The van der Waals surface area contributed by atoms with E-state index in [1.807, 2.05) is 12.3 Å². The van der Waals surface area contributed by atoms with Crippen LogP contribution >= 0.6 is 11.6 Å². The van der Waals surface area contributed by atoms with Gasteiger partial charge in [0.05, 0.1) is 18.2 Å². The van der Waals surface area contributed by atoms with Crippen molar-refractivity contribution >= 4 is 17.2 Å². The van der Waals surface area contributed by atoms with Crippen LogP contribution < -0.4 is 0 Å². The molecule has 108 valence electrons. The van der Waals surface area contributed by atoms with Gasteiger partial charge >= 0.3 is 0 Å². The van der Waals surface area contributed by atoms with Crippen molar-refractivity contribution in [3.05, 3.63) is 35.1 Å². The highest BCUT2D eigenvalue weighted by molar-refractivity contribution is 6.30. The lowest BCUT2D eigenvalue weighted by molar-refractivity contribution is -0.114. The summed E-state index contributed by atoms with van der Waals surface area (Å²) >= 11 is 6.06. The average Bonchev–Trinajstić information content (AvgIpc) is 2.36. The van der Waals surface area contributed by atoms with Gasteiger partial charge in [0, 0.05) is 37.4 Å². The minimum Gasteiger partial charge on any atom is -0.380 e. The van der Waals surface area contributed by atoms with Crippen molar-refractivity contribution in [2.45, 2.75) is 13.8 Å². The van der Waals surface area contributed by atoms with Gasteiger partial charge in [-0.1, -0.05) is 31.5 Å². The Kier molecular flexibility index (Phi) is 3.85. The second-order valence-electron chi connectivity index (χ2n) is 6.53. The molecular formula is C16H21ClN2O. The Balaban J connectivity index is 1.75. The molecule has 0 aliphatic carbocycles. The fourth-order valence-corrected chi connectivity index (χ4v) is 3.31. The van der Waals surface area contributed by atoms with E-state index in [-0.39, 0.29) is 0 Å². The van der Waals surface area contributed by atoms with Gasteiger partial charge in [-0.05, 0) is 23.1 Å². The fraction of sp³-hybridized carbons (Fsp3) is 0.562. The van der Waals surface area contributed by atoms with Gasteiger partial charge in [0.15, 0.2) is 0 Å². The summed E-state index contributed by atoms with van der Waals surface area (Å²) in [5.41, 5.74) is 2.81. The Bertz CT molecular complexity index is 525. The third-order valence-corrected chi connectivity index (χ3v) is 4.21. The molecule has 0 unspecified atom stereocenters. The summed E-state index contributed by atoms with van der Waals surface area (Å²) in [5.74, 6) is 0.558. The van der Waals surface area contributed by atoms with Gasteiger partial charge in [-0.2, -0.15) is 0 Å². The first-order chi connectivity index (χ1) is 9.54. The van der Waals surface area contributed by atoms with Gasteiger partial charge in [-0.3, -0.25) is 9.88 Å². The monoisotopic (exact) mass is 292 g/mol. The lowest BCUT2D eigenvalue weighted by atomic mass is 9.86. The van der Waals surface area contributed by atoms with Crippen LogP contribution in [0.2, 0.25) is 5.02 Å². The average molecular weight is 293 g/mol. The van der Waals surface area contributed by atoms with E-state index in [1.54, 1.807) is 6.20 Å². The second kappa shape index (κ2) is 5.47. The highest BCUT2D eigenvalue weighted by atomic mass is 35.5. The first-order valence-electron chi connectivity index (χ1n) is 7.16. The molecule has 4 heteroatoms. The lowest BCUT2D eigenvalue weighted by Gasteiger charge is -2.43. The van der Waals surface area contributed by atoms with Crippen molar-refractivity contribution in [1.82, 2.24) is 9.88 Å². The van der Waals surface area contributed by atoms with Gasteiger partial charge < -0.3 is 4.74 Å². The largest absolute Gasteiger partial charge is 0.380 e. The molecule has 0 bridgehead atoms. The number of hydrogen-bond acceptors (Lipinski definition) is 3. The molecule has 0 N–H and O–H groups in total. The van der Waals surface area contributed by atoms with Crippen molar-refractivity contribution < 1.29 is 4.74 Å². The van der Waals surface area contributed by atoms with Gasteiger partial charge in [-0.15, -0.1) is 0 Å². The normalized spacial score (nSPS) is 25.9. The molecule has 1 saturated heterocycles. The molecule has 20 heavy (non-hydrogen) atoms. The van der Waals surface area contributed by atoms with Crippen molar-refractivity contribution in [2.75, 3.05) is 32.8 Å².